The Hall–Kier alpha value is -1.95. The Balaban J connectivity index is 2.18. The number of anilines is 1. The minimum Gasteiger partial charge on any atom is -0.283 e. The molecule has 0 atom stereocenters. The van der Waals surface area contributed by atoms with Crippen LogP contribution in [0.25, 0.3) is 0 Å². The molecule has 0 saturated heterocycles. The van der Waals surface area contributed by atoms with Gasteiger partial charge in [-0.15, -0.1) is 0 Å². The molecule has 19 heavy (non-hydrogen) atoms. The monoisotopic (exact) mass is 283 g/mol. The van der Waals surface area contributed by atoms with Crippen molar-refractivity contribution in [1.82, 2.24) is 0 Å². The number of hydrogen-bond donors (Lipinski definition) is 1. The van der Waals surface area contributed by atoms with Gasteiger partial charge in [0.25, 0.3) is 0 Å². The molecule has 6 heteroatoms. The third kappa shape index (κ3) is 3.75. The first-order valence-electron chi connectivity index (χ1n) is 5.46. The van der Waals surface area contributed by atoms with Crippen molar-refractivity contribution in [2.45, 2.75) is 5.75 Å². The summed E-state index contributed by atoms with van der Waals surface area (Å²) in [7, 11) is -3.78. The fourth-order valence-electron chi connectivity index (χ4n) is 1.59. The summed E-state index contributed by atoms with van der Waals surface area (Å²) < 4.78 is 52.2. The summed E-state index contributed by atoms with van der Waals surface area (Å²) in [6, 6.07) is 10.7. The number of nitrogens with one attached hydrogen (secondary N) is 1. The fourth-order valence-corrected chi connectivity index (χ4v) is 2.79. The van der Waals surface area contributed by atoms with Crippen LogP contribution in [0.15, 0.2) is 48.5 Å². The average molecular weight is 283 g/mol. The molecule has 0 amide bonds. The van der Waals surface area contributed by atoms with E-state index in [-0.39, 0.29) is 11.3 Å². The van der Waals surface area contributed by atoms with Crippen LogP contribution in [0.2, 0.25) is 0 Å². The first-order chi connectivity index (χ1) is 8.96. The van der Waals surface area contributed by atoms with Crippen LogP contribution in [0.3, 0.4) is 0 Å². The molecule has 0 bridgehead atoms. The Kier molecular flexibility index (Phi) is 3.80. The second-order valence-electron chi connectivity index (χ2n) is 3.96. The normalized spacial score (nSPS) is 11.3. The van der Waals surface area contributed by atoms with E-state index in [4.69, 9.17) is 0 Å². The Morgan fingerprint density at radius 3 is 2.42 bits per heavy atom. The quantitative estimate of drug-likeness (QED) is 0.937. The molecule has 0 aliphatic heterocycles. The van der Waals surface area contributed by atoms with E-state index in [1.54, 1.807) is 6.07 Å². The molecule has 0 saturated carbocycles. The van der Waals surface area contributed by atoms with Crippen LogP contribution >= 0.6 is 0 Å². The van der Waals surface area contributed by atoms with Crippen LogP contribution in [0.5, 0.6) is 0 Å². The van der Waals surface area contributed by atoms with E-state index in [2.05, 4.69) is 4.72 Å². The number of sulfonamides is 1. The van der Waals surface area contributed by atoms with Crippen LogP contribution in [0.4, 0.5) is 14.5 Å². The first kappa shape index (κ1) is 13.5. The maximum Gasteiger partial charge on any atom is 0.237 e. The molecule has 0 heterocycles. The molecule has 0 unspecified atom stereocenters. The van der Waals surface area contributed by atoms with Gasteiger partial charge in [-0.25, -0.2) is 17.2 Å². The van der Waals surface area contributed by atoms with Gasteiger partial charge >= 0.3 is 0 Å². The Labute approximate surface area is 109 Å². The number of rotatable bonds is 4. The zero-order valence-electron chi connectivity index (χ0n) is 9.81. The van der Waals surface area contributed by atoms with Crippen molar-refractivity contribution in [1.29, 1.82) is 0 Å². The van der Waals surface area contributed by atoms with Crippen molar-refractivity contribution in [3.05, 3.63) is 65.7 Å². The highest BCUT2D eigenvalue weighted by Gasteiger charge is 2.14. The van der Waals surface area contributed by atoms with Crippen molar-refractivity contribution in [2.24, 2.45) is 0 Å². The molecule has 2 aromatic rings. The fraction of sp³-hybridized carbons (Fsp3) is 0.0769. The van der Waals surface area contributed by atoms with Gasteiger partial charge in [0.2, 0.25) is 10.0 Å². The van der Waals surface area contributed by atoms with Crippen LogP contribution in [0, 0.1) is 11.6 Å². The maximum atomic E-state index is 13.4. The molecular formula is C13H11F2NO2S. The standard InChI is InChI=1S/C13H11F2NO2S/c14-11-5-3-6-12(8-11)16-19(17,18)9-10-4-1-2-7-13(10)15/h1-8,16H,9H2. The maximum absolute atomic E-state index is 13.4. The smallest absolute Gasteiger partial charge is 0.237 e. The van der Waals surface area contributed by atoms with E-state index in [9.17, 15) is 17.2 Å². The molecule has 3 nitrogen and oxygen atoms in total. The van der Waals surface area contributed by atoms with Crippen LogP contribution in [-0.4, -0.2) is 8.42 Å². The average Bonchev–Trinajstić information content (AvgIpc) is 2.31. The van der Waals surface area contributed by atoms with Crippen LogP contribution in [-0.2, 0) is 15.8 Å². The Bertz CT molecular complexity index is 687. The van der Waals surface area contributed by atoms with Gasteiger partial charge in [-0.05, 0) is 24.3 Å². The molecule has 0 aliphatic carbocycles. The summed E-state index contributed by atoms with van der Waals surface area (Å²) in [6.07, 6.45) is 0. The summed E-state index contributed by atoms with van der Waals surface area (Å²) in [6.45, 7) is 0. The third-order valence-corrected chi connectivity index (χ3v) is 3.64. The Morgan fingerprint density at radius 2 is 1.74 bits per heavy atom. The highest BCUT2D eigenvalue weighted by atomic mass is 32.2. The lowest BCUT2D eigenvalue weighted by Gasteiger charge is -2.08. The predicted octanol–water partition coefficient (Wildman–Crippen LogP) is 2.91. The number of benzene rings is 2. The van der Waals surface area contributed by atoms with Gasteiger partial charge in [-0.2, -0.15) is 0 Å². The van der Waals surface area contributed by atoms with Crippen molar-refractivity contribution in [2.75, 3.05) is 4.72 Å². The lowest BCUT2D eigenvalue weighted by Crippen LogP contribution is -2.15. The molecule has 2 rings (SSSR count). The lowest BCUT2D eigenvalue weighted by molar-refractivity contribution is 0.591. The zero-order chi connectivity index (χ0) is 13.9. The van der Waals surface area contributed by atoms with Gasteiger partial charge in [0.05, 0.1) is 11.4 Å². The van der Waals surface area contributed by atoms with Crippen LogP contribution < -0.4 is 4.72 Å². The summed E-state index contributed by atoms with van der Waals surface area (Å²) >= 11 is 0. The molecule has 0 spiro atoms. The van der Waals surface area contributed by atoms with Crippen molar-refractivity contribution >= 4 is 15.7 Å². The third-order valence-electron chi connectivity index (χ3n) is 2.40. The SMILES string of the molecule is O=S(=O)(Cc1ccccc1F)Nc1cccc(F)c1. The second-order valence-corrected chi connectivity index (χ2v) is 5.69. The molecule has 2 aromatic carbocycles. The molecule has 0 aliphatic rings. The van der Waals surface area contributed by atoms with E-state index >= 15 is 0 Å². The van der Waals surface area contributed by atoms with E-state index in [1.165, 1.54) is 36.4 Å². The van der Waals surface area contributed by atoms with E-state index in [0.717, 1.165) is 6.07 Å². The summed E-state index contributed by atoms with van der Waals surface area (Å²) in [4.78, 5) is 0. The Morgan fingerprint density at radius 1 is 1.00 bits per heavy atom. The van der Waals surface area contributed by atoms with Gasteiger partial charge in [-0.1, -0.05) is 24.3 Å². The van der Waals surface area contributed by atoms with E-state index in [1.807, 2.05) is 0 Å². The molecular weight excluding hydrogens is 272 g/mol. The molecule has 0 aromatic heterocycles. The first-order valence-corrected chi connectivity index (χ1v) is 7.11. The minimum absolute atomic E-state index is 0.0615. The summed E-state index contributed by atoms with van der Waals surface area (Å²) in [5.41, 5.74) is 0.169. The van der Waals surface area contributed by atoms with Gasteiger partial charge in [-0.3, -0.25) is 4.72 Å². The largest absolute Gasteiger partial charge is 0.283 e. The number of halogens is 2. The minimum atomic E-state index is -3.78. The molecule has 0 radical (unpaired) electrons. The van der Waals surface area contributed by atoms with Gasteiger partial charge < -0.3 is 0 Å². The van der Waals surface area contributed by atoms with Crippen molar-refractivity contribution in [3.8, 4) is 0 Å². The highest BCUT2D eigenvalue weighted by Crippen LogP contribution is 2.15. The van der Waals surface area contributed by atoms with Crippen molar-refractivity contribution < 1.29 is 17.2 Å². The topological polar surface area (TPSA) is 46.2 Å². The van der Waals surface area contributed by atoms with Crippen molar-refractivity contribution in [3.63, 3.8) is 0 Å². The highest BCUT2D eigenvalue weighted by molar-refractivity contribution is 7.91. The van der Waals surface area contributed by atoms with Gasteiger partial charge in [0.1, 0.15) is 11.6 Å². The summed E-state index contributed by atoms with van der Waals surface area (Å²) in [5.74, 6) is -1.64. The zero-order valence-corrected chi connectivity index (χ0v) is 10.6. The van der Waals surface area contributed by atoms with Gasteiger partial charge in [0, 0.05) is 5.56 Å². The van der Waals surface area contributed by atoms with Gasteiger partial charge in [0.15, 0.2) is 0 Å². The summed E-state index contributed by atoms with van der Waals surface area (Å²) in [5, 5.41) is 0. The second kappa shape index (κ2) is 5.36. The molecule has 100 valence electrons. The molecule has 1 N–H and O–H groups in total. The number of hydrogen-bond acceptors (Lipinski definition) is 2. The van der Waals surface area contributed by atoms with E-state index < -0.39 is 27.4 Å². The predicted molar refractivity (Wildman–Crippen MR) is 69.0 cm³/mol. The molecule has 0 fully saturated rings. The van der Waals surface area contributed by atoms with E-state index in [0.29, 0.717) is 0 Å². The lowest BCUT2D eigenvalue weighted by atomic mass is 10.2. The van der Waals surface area contributed by atoms with Crippen LogP contribution in [0.1, 0.15) is 5.56 Å².